The quantitative estimate of drug-likeness (QED) is 0.737. The molecule has 5 rings (SSSR count). The van der Waals surface area contributed by atoms with Crippen LogP contribution in [0.5, 0.6) is 0 Å². The number of pyridine rings is 1. The normalized spacial score (nSPS) is 22.7. The minimum atomic E-state index is -1.55. The number of allylic oxidation sites excluding steroid dienone is 1. The number of hydrogen-bond acceptors (Lipinski definition) is 6. The maximum absolute atomic E-state index is 13.4. The van der Waals surface area contributed by atoms with E-state index in [0.717, 1.165) is 0 Å². The number of rotatable bonds is 1. The number of fused-ring (bicyclic) bond motifs is 3. The third-order valence-electron chi connectivity index (χ3n) is 5.87. The van der Waals surface area contributed by atoms with Gasteiger partial charge in [0.15, 0.2) is 5.78 Å². The molecule has 0 radical (unpaired) electrons. The van der Waals surface area contributed by atoms with Crippen LogP contribution >= 0.6 is 11.6 Å². The van der Waals surface area contributed by atoms with Crippen molar-refractivity contribution in [2.24, 2.45) is 5.73 Å². The standard InChI is InChI=1S/C22H16ClN5O2/c23-12-8-9-18(26-11-12)28-16-6-3-7-17(29)19(16)22(14(10-24)20(28)25)13-4-1-2-5-15(13)27-21(22)30/h1-2,4-5,8-9,11H,3,6-7,25H2,(H,27,30)/t22-/m0/s1. The molecule has 7 nitrogen and oxygen atoms in total. The number of anilines is 2. The van der Waals surface area contributed by atoms with E-state index in [-0.39, 0.29) is 17.2 Å². The zero-order valence-electron chi connectivity index (χ0n) is 15.8. The second kappa shape index (κ2) is 6.44. The SMILES string of the molecule is N#CC1=C(N)N(c2ccc(Cl)cn2)C2=C(C(=O)CCC2)[C@@]12C(=O)Nc1ccccc12. The molecule has 1 spiro atoms. The molecule has 0 saturated heterocycles. The molecule has 1 amide bonds. The van der Waals surface area contributed by atoms with Gasteiger partial charge in [0.1, 0.15) is 23.1 Å². The number of nitrogens with two attached hydrogens (primary N) is 1. The van der Waals surface area contributed by atoms with Gasteiger partial charge >= 0.3 is 0 Å². The second-order valence-corrected chi connectivity index (χ2v) is 7.83. The minimum absolute atomic E-state index is 0.0238. The molecule has 3 N–H and O–H groups in total. The zero-order valence-corrected chi connectivity index (χ0v) is 16.5. The van der Waals surface area contributed by atoms with Crippen molar-refractivity contribution in [3.05, 3.63) is 75.8 Å². The summed E-state index contributed by atoms with van der Waals surface area (Å²) < 4.78 is 0. The van der Waals surface area contributed by atoms with E-state index in [1.807, 2.05) is 0 Å². The Bertz CT molecular complexity index is 1220. The average molecular weight is 418 g/mol. The van der Waals surface area contributed by atoms with Crippen LogP contribution in [0.1, 0.15) is 24.8 Å². The number of benzene rings is 1. The van der Waals surface area contributed by atoms with Crippen LogP contribution in [-0.4, -0.2) is 16.7 Å². The number of carbonyl (C=O) groups is 2. The number of carbonyl (C=O) groups excluding carboxylic acids is 2. The zero-order chi connectivity index (χ0) is 21.0. The summed E-state index contributed by atoms with van der Waals surface area (Å²) in [5.41, 5.74) is 7.04. The van der Waals surface area contributed by atoms with Crippen LogP contribution < -0.4 is 16.0 Å². The Morgan fingerprint density at radius 3 is 2.73 bits per heavy atom. The molecule has 2 aromatic rings. The summed E-state index contributed by atoms with van der Waals surface area (Å²) >= 11 is 5.98. The van der Waals surface area contributed by atoms with E-state index in [4.69, 9.17) is 17.3 Å². The van der Waals surface area contributed by atoms with Gasteiger partial charge in [-0.2, -0.15) is 5.26 Å². The molecular weight excluding hydrogens is 402 g/mol. The van der Waals surface area contributed by atoms with Crippen LogP contribution in [0.2, 0.25) is 5.02 Å². The van der Waals surface area contributed by atoms with Crippen molar-refractivity contribution in [3.8, 4) is 6.07 Å². The van der Waals surface area contributed by atoms with Crippen molar-refractivity contribution in [2.45, 2.75) is 24.7 Å². The Balaban J connectivity index is 1.87. The van der Waals surface area contributed by atoms with Crippen molar-refractivity contribution in [3.63, 3.8) is 0 Å². The molecule has 0 bridgehead atoms. The summed E-state index contributed by atoms with van der Waals surface area (Å²) in [6.07, 6.45) is 2.93. The Labute approximate surface area is 177 Å². The Morgan fingerprint density at radius 2 is 2.00 bits per heavy atom. The van der Waals surface area contributed by atoms with Crippen LogP contribution in [0.3, 0.4) is 0 Å². The lowest BCUT2D eigenvalue weighted by Crippen LogP contribution is -2.50. The van der Waals surface area contributed by atoms with Crippen molar-refractivity contribution in [2.75, 3.05) is 10.2 Å². The highest BCUT2D eigenvalue weighted by Gasteiger charge is 2.60. The third-order valence-corrected chi connectivity index (χ3v) is 6.10. The van der Waals surface area contributed by atoms with E-state index in [9.17, 15) is 14.9 Å². The largest absolute Gasteiger partial charge is 0.384 e. The molecule has 1 aliphatic carbocycles. The number of hydrogen-bond donors (Lipinski definition) is 2. The van der Waals surface area contributed by atoms with Crippen molar-refractivity contribution in [1.29, 1.82) is 5.26 Å². The lowest BCUT2D eigenvalue weighted by molar-refractivity contribution is -0.122. The fourth-order valence-corrected chi connectivity index (χ4v) is 4.82. The number of amides is 1. The average Bonchev–Trinajstić information content (AvgIpc) is 3.02. The summed E-state index contributed by atoms with van der Waals surface area (Å²) in [6.45, 7) is 0. The van der Waals surface area contributed by atoms with Gasteiger partial charge in [-0.05, 0) is 31.0 Å². The predicted octanol–water partition coefficient (Wildman–Crippen LogP) is 3.15. The fourth-order valence-electron chi connectivity index (χ4n) is 4.71. The molecule has 1 aromatic heterocycles. The predicted molar refractivity (Wildman–Crippen MR) is 111 cm³/mol. The number of ketones is 1. The number of para-hydroxylation sites is 1. The van der Waals surface area contributed by atoms with E-state index in [0.29, 0.717) is 52.6 Å². The molecule has 8 heteroatoms. The van der Waals surface area contributed by atoms with E-state index in [2.05, 4.69) is 16.4 Å². The molecule has 3 aliphatic rings. The summed E-state index contributed by atoms with van der Waals surface area (Å²) in [5.74, 6) is -0.0713. The Hall–Kier alpha value is -3.63. The number of halogens is 1. The molecule has 0 saturated carbocycles. The lowest BCUT2D eigenvalue weighted by Gasteiger charge is -2.43. The van der Waals surface area contributed by atoms with Crippen LogP contribution in [0.15, 0.2) is 65.3 Å². The second-order valence-electron chi connectivity index (χ2n) is 7.39. The molecular formula is C22H16ClN5O2. The molecule has 30 heavy (non-hydrogen) atoms. The third kappa shape index (κ3) is 2.22. The first-order chi connectivity index (χ1) is 14.5. The summed E-state index contributed by atoms with van der Waals surface area (Å²) in [7, 11) is 0. The van der Waals surface area contributed by atoms with E-state index in [1.165, 1.54) is 6.20 Å². The van der Waals surface area contributed by atoms with E-state index < -0.39 is 11.3 Å². The van der Waals surface area contributed by atoms with Gasteiger partial charge in [-0.1, -0.05) is 29.8 Å². The van der Waals surface area contributed by atoms with Gasteiger partial charge in [-0.25, -0.2) is 4.98 Å². The van der Waals surface area contributed by atoms with Crippen molar-refractivity contribution < 1.29 is 9.59 Å². The maximum Gasteiger partial charge on any atom is 0.245 e. The molecule has 0 unspecified atom stereocenters. The van der Waals surface area contributed by atoms with Gasteiger partial charge < -0.3 is 11.1 Å². The van der Waals surface area contributed by atoms with Gasteiger partial charge in [-0.3, -0.25) is 14.5 Å². The first-order valence-electron chi connectivity index (χ1n) is 9.50. The summed E-state index contributed by atoms with van der Waals surface area (Å²) in [5, 5.41) is 13.4. The molecule has 1 atom stereocenters. The van der Waals surface area contributed by atoms with Gasteiger partial charge in [0.25, 0.3) is 0 Å². The number of nitrogens with zero attached hydrogens (tertiary/aromatic N) is 3. The fraction of sp³-hybridized carbons (Fsp3) is 0.182. The number of aromatic nitrogens is 1. The monoisotopic (exact) mass is 417 g/mol. The molecule has 2 aliphatic heterocycles. The van der Waals surface area contributed by atoms with Gasteiger partial charge in [0.2, 0.25) is 5.91 Å². The highest BCUT2D eigenvalue weighted by atomic mass is 35.5. The highest BCUT2D eigenvalue weighted by molar-refractivity contribution is 6.30. The highest BCUT2D eigenvalue weighted by Crippen LogP contribution is 2.54. The number of nitrogens with one attached hydrogen (secondary N) is 1. The van der Waals surface area contributed by atoms with Crippen molar-refractivity contribution >= 4 is 34.8 Å². The molecule has 1 aromatic carbocycles. The van der Waals surface area contributed by atoms with E-state index in [1.54, 1.807) is 41.3 Å². The van der Waals surface area contributed by atoms with Crippen LogP contribution in [0.4, 0.5) is 11.5 Å². The topological polar surface area (TPSA) is 112 Å². The minimum Gasteiger partial charge on any atom is -0.384 e. The molecule has 0 fully saturated rings. The molecule has 3 heterocycles. The number of Topliss-reactive ketones (excluding diaryl/α,β-unsaturated/α-hetero) is 1. The smallest absolute Gasteiger partial charge is 0.245 e. The first kappa shape index (κ1) is 18.4. The van der Waals surface area contributed by atoms with E-state index >= 15 is 0 Å². The van der Waals surface area contributed by atoms with Crippen LogP contribution in [-0.2, 0) is 15.0 Å². The van der Waals surface area contributed by atoms with Gasteiger partial charge in [0.05, 0.1) is 10.6 Å². The van der Waals surface area contributed by atoms with Gasteiger partial charge in [-0.15, -0.1) is 0 Å². The summed E-state index contributed by atoms with van der Waals surface area (Å²) in [6, 6.07) is 12.6. The van der Waals surface area contributed by atoms with Crippen molar-refractivity contribution in [1.82, 2.24) is 4.98 Å². The Kier molecular flexibility index (Phi) is 3.95. The first-order valence-corrected chi connectivity index (χ1v) is 9.87. The van der Waals surface area contributed by atoms with Crippen LogP contribution in [0.25, 0.3) is 0 Å². The lowest BCUT2D eigenvalue weighted by atomic mass is 9.64. The Morgan fingerprint density at radius 1 is 1.20 bits per heavy atom. The molecule has 148 valence electrons. The van der Waals surface area contributed by atoms with Gasteiger partial charge in [0, 0.05) is 35.1 Å². The maximum atomic E-state index is 13.4. The van der Waals surface area contributed by atoms with Crippen LogP contribution in [0, 0.1) is 11.3 Å². The summed E-state index contributed by atoms with van der Waals surface area (Å²) in [4.78, 5) is 32.6. The number of nitriles is 1.